The van der Waals surface area contributed by atoms with Crippen LogP contribution in [0.3, 0.4) is 0 Å². The Hall–Kier alpha value is -1.60. The van der Waals surface area contributed by atoms with Gasteiger partial charge in [-0.25, -0.2) is 0 Å². The van der Waals surface area contributed by atoms with E-state index in [-0.39, 0.29) is 0 Å². The van der Waals surface area contributed by atoms with E-state index in [0.29, 0.717) is 0 Å². The summed E-state index contributed by atoms with van der Waals surface area (Å²) in [5, 5.41) is 3.28. The molecule has 106 valence electrons. The molecule has 0 aromatic heterocycles. The van der Waals surface area contributed by atoms with Crippen LogP contribution in [0, 0.1) is 6.92 Å². The summed E-state index contributed by atoms with van der Waals surface area (Å²) in [4.78, 5) is 0. The van der Waals surface area contributed by atoms with Gasteiger partial charge in [0.25, 0.3) is 0 Å². The van der Waals surface area contributed by atoms with Crippen LogP contribution < -0.4 is 5.32 Å². The van der Waals surface area contributed by atoms with E-state index in [1.807, 2.05) is 7.05 Å². The molecule has 0 unspecified atom stereocenters. The van der Waals surface area contributed by atoms with Crippen molar-refractivity contribution >= 4 is 0 Å². The van der Waals surface area contributed by atoms with Crippen LogP contribution in [0.2, 0.25) is 0 Å². The molecule has 0 aliphatic carbocycles. The van der Waals surface area contributed by atoms with Crippen molar-refractivity contribution in [3.63, 3.8) is 0 Å². The van der Waals surface area contributed by atoms with Crippen molar-refractivity contribution in [2.24, 2.45) is 0 Å². The zero-order valence-electron chi connectivity index (χ0n) is 13.1. The normalized spacial score (nSPS) is 10.8. The molecule has 0 bridgehead atoms. The molecule has 0 atom stereocenters. The van der Waals surface area contributed by atoms with E-state index >= 15 is 0 Å². The van der Waals surface area contributed by atoms with Crippen molar-refractivity contribution in [2.45, 2.75) is 40.2 Å². The van der Waals surface area contributed by atoms with Gasteiger partial charge >= 0.3 is 0 Å². The summed E-state index contributed by atoms with van der Waals surface area (Å²) >= 11 is 0. The van der Waals surface area contributed by atoms with Crippen molar-refractivity contribution in [3.05, 3.63) is 58.7 Å². The molecular formula is C19H25N. The second-order valence-electron chi connectivity index (χ2n) is 5.39. The van der Waals surface area contributed by atoms with Gasteiger partial charge in [0.15, 0.2) is 0 Å². The fraction of sp³-hybridized carbons (Fsp3) is 0.368. The van der Waals surface area contributed by atoms with Gasteiger partial charge in [0, 0.05) is 6.54 Å². The van der Waals surface area contributed by atoms with Gasteiger partial charge in [-0.1, -0.05) is 55.8 Å². The Morgan fingerprint density at radius 1 is 0.850 bits per heavy atom. The summed E-state index contributed by atoms with van der Waals surface area (Å²) in [5.41, 5.74) is 8.33. The molecule has 1 N–H and O–H groups in total. The summed E-state index contributed by atoms with van der Waals surface area (Å²) in [7, 11) is 2.01. The van der Waals surface area contributed by atoms with Crippen molar-refractivity contribution < 1.29 is 0 Å². The van der Waals surface area contributed by atoms with Gasteiger partial charge < -0.3 is 5.32 Å². The summed E-state index contributed by atoms with van der Waals surface area (Å²) in [6.07, 6.45) is 2.16. The minimum atomic E-state index is 0.912. The monoisotopic (exact) mass is 267 g/mol. The smallest absolute Gasteiger partial charge is 0.0208 e. The molecule has 0 amide bonds. The highest BCUT2D eigenvalue weighted by atomic mass is 14.8. The molecule has 1 nitrogen and oxygen atoms in total. The van der Waals surface area contributed by atoms with Gasteiger partial charge in [0.1, 0.15) is 0 Å². The number of rotatable bonds is 5. The van der Waals surface area contributed by atoms with Crippen LogP contribution in [-0.4, -0.2) is 7.05 Å². The molecule has 0 heterocycles. The van der Waals surface area contributed by atoms with Crippen LogP contribution in [0.25, 0.3) is 11.1 Å². The highest BCUT2D eigenvalue weighted by Crippen LogP contribution is 2.30. The van der Waals surface area contributed by atoms with Crippen LogP contribution in [0.1, 0.15) is 36.1 Å². The molecule has 2 aromatic rings. The predicted molar refractivity (Wildman–Crippen MR) is 88.1 cm³/mol. The average molecular weight is 267 g/mol. The Morgan fingerprint density at radius 3 is 2.20 bits per heavy atom. The minimum Gasteiger partial charge on any atom is -0.316 e. The van der Waals surface area contributed by atoms with Crippen molar-refractivity contribution in [2.75, 3.05) is 7.05 Å². The maximum absolute atomic E-state index is 3.28. The van der Waals surface area contributed by atoms with E-state index < -0.39 is 0 Å². The number of aryl methyl sites for hydroxylation is 3. The molecule has 20 heavy (non-hydrogen) atoms. The molecule has 0 radical (unpaired) electrons. The number of hydrogen-bond donors (Lipinski definition) is 1. The minimum absolute atomic E-state index is 0.912. The summed E-state index contributed by atoms with van der Waals surface area (Å²) in [6.45, 7) is 7.53. The first-order valence-electron chi connectivity index (χ1n) is 7.55. The summed E-state index contributed by atoms with van der Waals surface area (Å²) in [6, 6.07) is 13.7. The first-order valence-corrected chi connectivity index (χ1v) is 7.55. The Balaban J connectivity index is 2.62. The number of hydrogen-bond acceptors (Lipinski definition) is 1. The van der Waals surface area contributed by atoms with Crippen LogP contribution in [-0.2, 0) is 19.4 Å². The fourth-order valence-corrected chi connectivity index (χ4v) is 2.69. The molecule has 0 spiro atoms. The second kappa shape index (κ2) is 6.71. The largest absolute Gasteiger partial charge is 0.316 e. The molecule has 0 saturated heterocycles. The molecule has 2 aromatic carbocycles. The predicted octanol–water partition coefficient (Wildman–Crippen LogP) is 4.51. The lowest BCUT2D eigenvalue weighted by molar-refractivity contribution is 0.819. The van der Waals surface area contributed by atoms with Crippen molar-refractivity contribution in [1.82, 2.24) is 5.32 Å². The van der Waals surface area contributed by atoms with E-state index in [9.17, 15) is 0 Å². The highest BCUT2D eigenvalue weighted by Gasteiger charge is 2.10. The lowest BCUT2D eigenvalue weighted by Crippen LogP contribution is -2.07. The van der Waals surface area contributed by atoms with Gasteiger partial charge in [-0.15, -0.1) is 0 Å². The summed E-state index contributed by atoms with van der Waals surface area (Å²) in [5.74, 6) is 0. The maximum Gasteiger partial charge on any atom is 0.0208 e. The zero-order valence-corrected chi connectivity index (χ0v) is 13.1. The maximum atomic E-state index is 3.28. The first kappa shape index (κ1) is 14.8. The quantitative estimate of drug-likeness (QED) is 0.840. The molecule has 0 aliphatic heterocycles. The zero-order chi connectivity index (χ0) is 14.5. The van der Waals surface area contributed by atoms with Gasteiger partial charge in [-0.05, 0) is 54.6 Å². The van der Waals surface area contributed by atoms with E-state index in [0.717, 1.165) is 19.4 Å². The molecule has 0 saturated carbocycles. The molecule has 2 rings (SSSR count). The van der Waals surface area contributed by atoms with Crippen LogP contribution in [0.4, 0.5) is 0 Å². The van der Waals surface area contributed by atoms with E-state index in [1.54, 1.807) is 0 Å². The van der Waals surface area contributed by atoms with Gasteiger partial charge in [0.05, 0.1) is 0 Å². The Morgan fingerprint density at radius 2 is 1.55 bits per heavy atom. The Labute approximate surface area is 123 Å². The summed E-state index contributed by atoms with van der Waals surface area (Å²) < 4.78 is 0. The average Bonchev–Trinajstić information content (AvgIpc) is 2.48. The van der Waals surface area contributed by atoms with Crippen molar-refractivity contribution in [1.29, 1.82) is 0 Å². The molecule has 0 aliphatic rings. The lowest BCUT2D eigenvalue weighted by atomic mass is 9.91. The standard InChI is InChI=1S/C19H25N/c1-5-15-8-10-16(6-2)19(12-15)18-11-14(3)7-9-17(18)13-20-4/h7-12,20H,5-6,13H2,1-4H3. The molecular weight excluding hydrogens is 242 g/mol. The third kappa shape index (κ3) is 3.10. The van der Waals surface area contributed by atoms with Crippen LogP contribution >= 0.6 is 0 Å². The third-order valence-electron chi connectivity index (χ3n) is 3.89. The first-order chi connectivity index (χ1) is 9.69. The van der Waals surface area contributed by atoms with Crippen LogP contribution in [0.15, 0.2) is 36.4 Å². The van der Waals surface area contributed by atoms with Gasteiger partial charge in [-0.3, -0.25) is 0 Å². The number of nitrogens with one attached hydrogen (secondary N) is 1. The van der Waals surface area contributed by atoms with Crippen LogP contribution in [0.5, 0.6) is 0 Å². The molecule has 1 heteroatoms. The lowest BCUT2D eigenvalue weighted by Gasteiger charge is -2.15. The van der Waals surface area contributed by atoms with E-state index in [1.165, 1.54) is 33.4 Å². The van der Waals surface area contributed by atoms with Gasteiger partial charge in [0.2, 0.25) is 0 Å². The van der Waals surface area contributed by atoms with Gasteiger partial charge in [-0.2, -0.15) is 0 Å². The Bertz CT molecular complexity index is 584. The molecule has 0 fully saturated rings. The Kier molecular flexibility index (Phi) is 4.97. The highest BCUT2D eigenvalue weighted by molar-refractivity contribution is 5.72. The van der Waals surface area contributed by atoms with Crippen molar-refractivity contribution in [3.8, 4) is 11.1 Å². The second-order valence-corrected chi connectivity index (χ2v) is 5.39. The van der Waals surface area contributed by atoms with E-state index in [4.69, 9.17) is 0 Å². The fourth-order valence-electron chi connectivity index (χ4n) is 2.69. The SMILES string of the molecule is CCc1ccc(CC)c(-c2cc(C)ccc2CNC)c1. The number of benzene rings is 2. The third-order valence-corrected chi connectivity index (χ3v) is 3.89. The van der Waals surface area contributed by atoms with E-state index in [2.05, 4.69) is 62.5 Å². The topological polar surface area (TPSA) is 12.0 Å².